The fraction of sp³-hybridized carbons (Fsp3) is 0.333. The second-order valence-corrected chi connectivity index (χ2v) is 6.29. The molecule has 132 valence electrons. The normalized spacial score (nSPS) is 13.9. The van der Waals surface area contributed by atoms with Crippen LogP contribution in [0.3, 0.4) is 0 Å². The number of hydrogen-bond donors (Lipinski definition) is 1. The van der Waals surface area contributed by atoms with Crippen LogP contribution in [0, 0.1) is 13.8 Å². The van der Waals surface area contributed by atoms with Crippen LogP contribution in [0.5, 0.6) is 17.4 Å². The molecule has 1 amide bonds. The number of nitrogens with zero attached hydrogens (tertiary/aromatic N) is 2. The fourth-order valence-corrected chi connectivity index (χ4v) is 3.24. The number of aromatic hydroxyl groups is 1. The lowest BCUT2D eigenvalue weighted by Gasteiger charge is -2.22. The van der Waals surface area contributed by atoms with Gasteiger partial charge in [-0.1, -0.05) is 11.6 Å². The Morgan fingerprint density at radius 3 is 2.84 bits per heavy atom. The summed E-state index contributed by atoms with van der Waals surface area (Å²) < 4.78 is 10.9. The zero-order valence-electron chi connectivity index (χ0n) is 14.3. The highest BCUT2D eigenvalue weighted by molar-refractivity contribution is 6.35. The first-order chi connectivity index (χ1) is 11.9. The monoisotopic (exact) mass is 362 g/mol. The number of ether oxygens (including phenoxy) is 2. The van der Waals surface area contributed by atoms with E-state index in [1.807, 2.05) is 19.9 Å². The van der Waals surface area contributed by atoms with Crippen molar-refractivity contribution in [1.29, 1.82) is 0 Å². The molecule has 1 aliphatic rings. The van der Waals surface area contributed by atoms with Crippen LogP contribution in [0.15, 0.2) is 18.2 Å². The number of amides is 1. The Morgan fingerprint density at radius 1 is 1.40 bits per heavy atom. The average molecular weight is 363 g/mol. The third kappa shape index (κ3) is 3.22. The molecule has 0 radical (unpaired) electrons. The lowest BCUT2D eigenvalue weighted by molar-refractivity contribution is 0.0741. The van der Waals surface area contributed by atoms with Gasteiger partial charge in [0.2, 0.25) is 5.88 Å². The Morgan fingerprint density at radius 2 is 2.16 bits per heavy atom. The van der Waals surface area contributed by atoms with E-state index in [4.69, 9.17) is 21.1 Å². The molecule has 1 N–H and O–H groups in total. The van der Waals surface area contributed by atoms with Gasteiger partial charge in [0, 0.05) is 11.3 Å². The van der Waals surface area contributed by atoms with Gasteiger partial charge in [-0.2, -0.15) is 0 Å². The van der Waals surface area contributed by atoms with Crippen molar-refractivity contribution in [2.45, 2.75) is 20.4 Å². The van der Waals surface area contributed by atoms with Crippen molar-refractivity contribution in [3.05, 3.63) is 45.6 Å². The van der Waals surface area contributed by atoms with Gasteiger partial charge in [-0.05, 0) is 37.6 Å². The predicted molar refractivity (Wildman–Crippen MR) is 93.6 cm³/mol. The SMILES string of the molecule is COc1ccc2c(c1Cl)C(=O)N(Cc1c(C)cc(C)nc1O)CCO2. The molecule has 0 bridgehead atoms. The quantitative estimate of drug-likeness (QED) is 0.908. The standard InChI is InChI=1S/C18H19ClN2O4/c1-10-8-11(2)20-17(22)12(10)9-21-6-7-25-13-4-5-14(24-3)16(19)15(13)18(21)23/h4-5,8H,6-7,9H2,1-3H3,(H,20,22). The molecule has 3 rings (SSSR count). The number of fused-ring (bicyclic) bond motifs is 1. The Hall–Kier alpha value is -2.47. The van der Waals surface area contributed by atoms with Crippen molar-refractivity contribution < 1.29 is 19.4 Å². The number of aromatic nitrogens is 1. The number of halogens is 1. The first kappa shape index (κ1) is 17.4. The topological polar surface area (TPSA) is 71.9 Å². The molecule has 1 aliphatic heterocycles. The van der Waals surface area contributed by atoms with Gasteiger partial charge in [0.15, 0.2) is 0 Å². The molecule has 25 heavy (non-hydrogen) atoms. The van der Waals surface area contributed by atoms with Crippen molar-refractivity contribution in [2.75, 3.05) is 20.3 Å². The summed E-state index contributed by atoms with van der Waals surface area (Å²) in [5.74, 6) is 0.514. The van der Waals surface area contributed by atoms with Crippen molar-refractivity contribution in [1.82, 2.24) is 9.88 Å². The van der Waals surface area contributed by atoms with Crippen LogP contribution < -0.4 is 9.47 Å². The van der Waals surface area contributed by atoms with Gasteiger partial charge in [0.1, 0.15) is 23.7 Å². The summed E-state index contributed by atoms with van der Waals surface area (Å²) in [5.41, 5.74) is 2.49. The Bertz CT molecular complexity index is 815. The van der Waals surface area contributed by atoms with E-state index in [-0.39, 0.29) is 28.9 Å². The first-order valence-corrected chi connectivity index (χ1v) is 8.24. The van der Waals surface area contributed by atoms with Crippen LogP contribution in [0.2, 0.25) is 5.02 Å². The predicted octanol–water partition coefficient (Wildman–Crippen LogP) is 3.10. The number of rotatable bonds is 3. The van der Waals surface area contributed by atoms with Crippen molar-refractivity contribution in [3.63, 3.8) is 0 Å². The van der Waals surface area contributed by atoms with Gasteiger partial charge >= 0.3 is 0 Å². The van der Waals surface area contributed by atoms with Crippen molar-refractivity contribution in [3.8, 4) is 17.4 Å². The van der Waals surface area contributed by atoms with Crippen molar-refractivity contribution >= 4 is 17.5 Å². The number of hydrogen-bond acceptors (Lipinski definition) is 5. The van der Waals surface area contributed by atoms with E-state index < -0.39 is 0 Å². The average Bonchev–Trinajstić information content (AvgIpc) is 2.71. The molecule has 0 spiro atoms. The van der Waals surface area contributed by atoms with E-state index in [9.17, 15) is 9.90 Å². The van der Waals surface area contributed by atoms with Gasteiger partial charge in [-0.15, -0.1) is 0 Å². The Labute approximate surface area is 151 Å². The van der Waals surface area contributed by atoms with Crippen molar-refractivity contribution in [2.24, 2.45) is 0 Å². The molecule has 2 heterocycles. The third-order valence-corrected chi connectivity index (χ3v) is 4.59. The molecule has 2 aromatic rings. The number of benzene rings is 1. The molecular formula is C18H19ClN2O4. The lowest BCUT2D eigenvalue weighted by Crippen LogP contribution is -2.32. The van der Waals surface area contributed by atoms with Crippen LogP contribution in [-0.2, 0) is 6.54 Å². The number of carbonyl (C=O) groups is 1. The molecule has 0 saturated heterocycles. The van der Waals surface area contributed by atoms with Crippen LogP contribution in [0.1, 0.15) is 27.2 Å². The fourth-order valence-electron chi connectivity index (χ4n) is 2.92. The van der Waals surface area contributed by atoms with E-state index >= 15 is 0 Å². The molecule has 0 aliphatic carbocycles. The smallest absolute Gasteiger partial charge is 0.259 e. The number of carbonyl (C=O) groups excluding carboxylic acids is 1. The second kappa shape index (κ2) is 6.80. The zero-order chi connectivity index (χ0) is 18.1. The summed E-state index contributed by atoms with van der Waals surface area (Å²) in [6.07, 6.45) is 0. The Balaban J connectivity index is 1.99. The van der Waals surface area contributed by atoms with E-state index in [0.717, 1.165) is 11.3 Å². The maximum absolute atomic E-state index is 13.0. The van der Waals surface area contributed by atoms with Gasteiger partial charge in [0.05, 0.1) is 25.2 Å². The largest absolute Gasteiger partial charge is 0.495 e. The Kier molecular flexibility index (Phi) is 4.72. The number of aryl methyl sites for hydroxylation is 2. The van der Waals surface area contributed by atoms with Crippen LogP contribution >= 0.6 is 11.6 Å². The maximum atomic E-state index is 13.0. The van der Waals surface area contributed by atoms with E-state index in [0.29, 0.717) is 30.2 Å². The van der Waals surface area contributed by atoms with Gasteiger partial charge < -0.3 is 19.5 Å². The first-order valence-electron chi connectivity index (χ1n) is 7.87. The molecule has 0 fully saturated rings. The summed E-state index contributed by atoms with van der Waals surface area (Å²) in [6.45, 7) is 4.62. The third-order valence-electron chi connectivity index (χ3n) is 4.21. The highest BCUT2D eigenvalue weighted by Crippen LogP contribution is 2.37. The van der Waals surface area contributed by atoms with E-state index in [1.165, 1.54) is 7.11 Å². The zero-order valence-corrected chi connectivity index (χ0v) is 15.1. The van der Waals surface area contributed by atoms with Gasteiger partial charge in [-0.3, -0.25) is 4.79 Å². The lowest BCUT2D eigenvalue weighted by atomic mass is 10.1. The minimum absolute atomic E-state index is 0.0626. The summed E-state index contributed by atoms with van der Waals surface area (Å²) in [4.78, 5) is 18.7. The molecule has 7 heteroatoms. The minimum Gasteiger partial charge on any atom is -0.495 e. The molecule has 0 atom stereocenters. The summed E-state index contributed by atoms with van der Waals surface area (Å²) in [6, 6.07) is 5.22. The molecule has 1 aromatic heterocycles. The minimum atomic E-state index is -0.268. The summed E-state index contributed by atoms with van der Waals surface area (Å²) in [5, 5.41) is 10.4. The highest BCUT2D eigenvalue weighted by atomic mass is 35.5. The second-order valence-electron chi connectivity index (χ2n) is 5.91. The summed E-state index contributed by atoms with van der Waals surface area (Å²) >= 11 is 6.33. The number of pyridine rings is 1. The van der Waals surface area contributed by atoms with E-state index in [2.05, 4.69) is 4.98 Å². The number of methoxy groups -OCH3 is 1. The van der Waals surface area contributed by atoms with Crippen LogP contribution in [-0.4, -0.2) is 41.2 Å². The van der Waals surface area contributed by atoms with E-state index in [1.54, 1.807) is 17.0 Å². The van der Waals surface area contributed by atoms with Crippen LogP contribution in [0.4, 0.5) is 0 Å². The molecule has 0 unspecified atom stereocenters. The molecule has 1 aromatic carbocycles. The van der Waals surface area contributed by atoms with Crippen LogP contribution in [0.25, 0.3) is 0 Å². The molecule has 6 nitrogen and oxygen atoms in total. The molecular weight excluding hydrogens is 344 g/mol. The summed E-state index contributed by atoms with van der Waals surface area (Å²) in [7, 11) is 1.49. The highest BCUT2D eigenvalue weighted by Gasteiger charge is 2.29. The molecule has 0 saturated carbocycles. The van der Waals surface area contributed by atoms with Gasteiger partial charge in [-0.25, -0.2) is 4.98 Å². The maximum Gasteiger partial charge on any atom is 0.259 e. The van der Waals surface area contributed by atoms with Gasteiger partial charge in [0.25, 0.3) is 5.91 Å².